The van der Waals surface area contributed by atoms with E-state index in [0.29, 0.717) is 0 Å². The van der Waals surface area contributed by atoms with Crippen molar-refractivity contribution in [1.82, 2.24) is 0 Å². The van der Waals surface area contributed by atoms with Crippen LogP contribution in [0.4, 0.5) is 0 Å². The maximum absolute atomic E-state index is 10.4. The summed E-state index contributed by atoms with van der Waals surface area (Å²) >= 11 is 0. The Morgan fingerprint density at radius 1 is 1.10 bits per heavy atom. The van der Waals surface area contributed by atoms with Crippen molar-refractivity contribution in [1.29, 1.82) is 0 Å². The Hall–Kier alpha value is -0.820. The molecule has 0 aliphatic heterocycles. The van der Waals surface area contributed by atoms with E-state index in [2.05, 4.69) is 45.0 Å². The van der Waals surface area contributed by atoms with Crippen molar-refractivity contribution in [2.75, 3.05) is 0 Å². The van der Waals surface area contributed by atoms with Gasteiger partial charge in [0.1, 0.15) is 0 Å². The SMILES string of the molecule is CCC(C)(C)c1ccc(C(O)CCC2CCCCC2)cc1. The van der Waals surface area contributed by atoms with Crippen molar-refractivity contribution < 1.29 is 5.11 Å². The van der Waals surface area contributed by atoms with Crippen LogP contribution in [0, 0.1) is 5.92 Å². The first kappa shape index (κ1) is 16.5. The van der Waals surface area contributed by atoms with Gasteiger partial charge < -0.3 is 5.11 Å². The molecule has 1 aliphatic rings. The largest absolute Gasteiger partial charge is 0.388 e. The van der Waals surface area contributed by atoms with E-state index in [1.165, 1.54) is 44.1 Å². The number of benzene rings is 1. The smallest absolute Gasteiger partial charge is 0.0790 e. The van der Waals surface area contributed by atoms with Gasteiger partial charge in [-0.15, -0.1) is 0 Å². The lowest BCUT2D eigenvalue weighted by Gasteiger charge is -2.25. The summed E-state index contributed by atoms with van der Waals surface area (Å²) in [7, 11) is 0. The number of aliphatic hydroxyl groups is 1. The average Bonchev–Trinajstić information content (AvgIpc) is 2.53. The molecule has 1 saturated carbocycles. The van der Waals surface area contributed by atoms with Crippen molar-refractivity contribution in [3.05, 3.63) is 35.4 Å². The summed E-state index contributed by atoms with van der Waals surface area (Å²) in [5, 5.41) is 10.4. The second-order valence-electron chi connectivity index (χ2n) is 7.46. The molecule has 0 aromatic heterocycles. The standard InChI is InChI=1S/C20H32O/c1-4-20(2,3)18-13-11-17(12-14-18)19(21)15-10-16-8-6-5-7-9-16/h11-14,16,19,21H,4-10,15H2,1-3H3. The van der Waals surface area contributed by atoms with E-state index in [4.69, 9.17) is 0 Å². The van der Waals surface area contributed by atoms with Gasteiger partial charge in [-0.05, 0) is 41.7 Å². The lowest BCUT2D eigenvalue weighted by molar-refractivity contribution is 0.151. The highest BCUT2D eigenvalue weighted by Crippen LogP contribution is 2.31. The van der Waals surface area contributed by atoms with Gasteiger partial charge in [-0.2, -0.15) is 0 Å². The van der Waals surface area contributed by atoms with Crippen molar-refractivity contribution in [2.45, 2.75) is 83.7 Å². The van der Waals surface area contributed by atoms with Crippen LogP contribution in [0.2, 0.25) is 0 Å². The molecule has 0 heterocycles. The fraction of sp³-hybridized carbons (Fsp3) is 0.700. The molecule has 0 bridgehead atoms. The second kappa shape index (κ2) is 7.45. The molecule has 0 amide bonds. The van der Waals surface area contributed by atoms with Crippen LogP contribution in [-0.2, 0) is 5.41 Å². The van der Waals surface area contributed by atoms with Gasteiger partial charge in [0.2, 0.25) is 0 Å². The molecule has 1 atom stereocenters. The number of aliphatic hydroxyl groups excluding tert-OH is 1. The van der Waals surface area contributed by atoms with E-state index >= 15 is 0 Å². The summed E-state index contributed by atoms with van der Waals surface area (Å²) in [5.74, 6) is 0.853. The molecule has 21 heavy (non-hydrogen) atoms. The molecule has 1 aromatic carbocycles. The molecule has 1 heteroatoms. The molecule has 0 saturated heterocycles. The van der Waals surface area contributed by atoms with Gasteiger partial charge in [-0.25, -0.2) is 0 Å². The molecule has 0 radical (unpaired) electrons. The van der Waals surface area contributed by atoms with E-state index in [-0.39, 0.29) is 11.5 Å². The molecule has 1 aliphatic carbocycles. The maximum atomic E-state index is 10.4. The molecule has 2 rings (SSSR count). The van der Waals surface area contributed by atoms with Crippen LogP contribution in [0.25, 0.3) is 0 Å². The van der Waals surface area contributed by atoms with Crippen molar-refractivity contribution in [3.8, 4) is 0 Å². The zero-order valence-corrected chi connectivity index (χ0v) is 14.1. The van der Waals surface area contributed by atoms with Crippen LogP contribution in [0.15, 0.2) is 24.3 Å². The van der Waals surface area contributed by atoms with Gasteiger partial charge in [-0.1, -0.05) is 77.1 Å². The molecule has 1 fully saturated rings. The molecule has 118 valence electrons. The Labute approximate surface area is 130 Å². The van der Waals surface area contributed by atoms with E-state index in [1.807, 2.05) is 0 Å². The van der Waals surface area contributed by atoms with E-state index in [1.54, 1.807) is 0 Å². The maximum Gasteiger partial charge on any atom is 0.0790 e. The Morgan fingerprint density at radius 3 is 2.29 bits per heavy atom. The average molecular weight is 288 g/mol. The van der Waals surface area contributed by atoms with Gasteiger partial charge in [0.05, 0.1) is 6.10 Å². The van der Waals surface area contributed by atoms with Gasteiger partial charge in [0.15, 0.2) is 0 Å². The van der Waals surface area contributed by atoms with Crippen molar-refractivity contribution in [2.24, 2.45) is 5.92 Å². The van der Waals surface area contributed by atoms with Gasteiger partial charge >= 0.3 is 0 Å². The Morgan fingerprint density at radius 2 is 1.71 bits per heavy atom. The van der Waals surface area contributed by atoms with Crippen molar-refractivity contribution in [3.63, 3.8) is 0 Å². The van der Waals surface area contributed by atoms with Crippen LogP contribution in [0.1, 0.15) is 89.4 Å². The van der Waals surface area contributed by atoms with Gasteiger partial charge in [0.25, 0.3) is 0 Å². The highest BCUT2D eigenvalue weighted by molar-refractivity contribution is 5.29. The summed E-state index contributed by atoms with van der Waals surface area (Å²) in [6.45, 7) is 6.79. The van der Waals surface area contributed by atoms with E-state index < -0.39 is 0 Å². The third-order valence-corrected chi connectivity index (χ3v) is 5.53. The predicted octanol–water partition coefficient (Wildman–Crippen LogP) is 5.77. The molecule has 0 spiro atoms. The lowest BCUT2D eigenvalue weighted by atomic mass is 9.81. The first-order valence-corrected chi connectivity index (χ1v) is 8.81. The topological polar surface area (TPSA) is 20.2 Å². The Balaban J connectivity index is 1.88. The first-order valence-electron chi connectivity index (χ1n) is 8.81. The quantitative estimate of drug-likeness (QED) is 0.704. The first-order chi connectivity index (χ1) is 10.0. The van der Waals surface area contributed by atoms with Crippen LogP contribution in [-0.4, -0.2) is 5.11 Å². The summed E-state index contributed by atoms with van der Waals surface area (Å²) in [6.07, 6.45) is 9.88. The molecular weight excluding hydrogens is 256 g/mol. The number of hydrogen-bond acceptors (Lipinski definition) is 1. The van der Waals surface area contributed by atoms with E-state index in [9.17, 15) is 5.11 Å². The fourth-order valence-corrected chi connectivity index (χ4v) is 3.40. The third-order valence-electron chi connectivity index (χ3n) is 5.53. The minimum Gasteiger partial charge on any atom is -0.388 e. The number of rotatable bonds is 6. The monoisotopic (exact) mass is 288 g/mol. The normalized spacial score (nSPS) is 18.7. The Bertz CT molecular complexity index is 412. The molecule has 1 unspecified atom stereocenters. The minimum absolute atomic E-state index is 0.228. The minimum atomic E-state index is -0.286. The fourth-order valence-electron chi connectivity index (χ4n) is 3.40. The van der Waals surface area contributed by atoms with Crippen LogP contribution >= 0.6 is 0 Å². The van der Waals surface area contributed by atoms with Crippen LogP contribution < -0.4 is 0 Å². The summed E-state index contributed by atoms with van der Waals surface area (Å²) in [5.41, 5.74) is 2.68. The van der Waals surface area contributed by atoms with Crippen LogP contribution in [0.3, 0.4) is 0 Å². The second-order valence-corrected chi connectivity index (χ2v) is 7.46. The molecule has 1 aromatic rings. The molecule has 1 nitrogen and oxygen atoms in total. The predicted molar refractivity (Wildman–Crippen MR) is 90.5 cm³/mol. The zero-order valence-electron chi connectivity index (χ0n) is 14.1. The number of hydrogen-bond donors (Lipinski definition) is 1. The lowest BCUT2D eigenvalue weighted by Crippen LogP contribution is -2.15. The van der Waals surface area contributed by atoms with Gasteiger partial charge in [0, 0.05) is 0 Å². The highest BCUT2D eigenvalue weighted by atomic mass is 16.3. The molecule has 1 N–H and O–H groups in total. The highest BCUT2D eigenvalue weighted by Gasteiger charge is 2.19. The van der Waals surface area contributed by atoms with Crippen molar-refractivity contribution >= 4 is 0 Å². The molecular formula is C20H32O. The Kier molecular flexibility index (Phi) is 5.87. The zero-order chi connectivity index (χ0) is 15.3. The summed E-state index contributed by atoms with van der Waals surface area (Å²) < 4.78 is 0. The summed E-state index contributed by atoms with van der Waals surface area (Å²) in [6, 6.07) is 8.64. The third kappa shape index (κ3) is 4.57. The summed E-state index contributed by atoms with van der Waals surface area (Å²) in [4.78, 5) is 0. The van der Waals surface area contributed by atoms with Gasteiger partial charge in [-0.3, -0.25) is 0 Å². The van der Waals surface area contributed by atoms with Crippen LogP contribution in [0.5, 0.6) is 0 Å². The van der Waals surface area contributed by atoms with E-state index in [0.717, 1.165) is 24.3 Å².